The second-order valence-corrected chi connectivity index (χ2v) is 8.02. The highest BCUT2D eigenvalue weighted by atomic mass is 16.6. The highest BCUT2D eigenvalue weighted by molar-refractivity contribution is 5.96. The molecular weight excluding hydrogens is 320 g/mol. The fourth-order valence-electron chi connectivity index (χ4n) is 4.80. The van der Waals surface area contributed by atoms with Crippen molar-refractivity contribution in [1.82, 2.24) is 0 Å². The Hall–Kier alpha value is -1.91. The van der Waals surface area contributed by atoms with Gasteiger partial charge in [-0.1, -0.05) is 25.0 Å². The van der Waals surface area contributed by atoms with Gasteiger partial charge in [-0.05, 0) is 39.2 Å². The lowest BCUT2D eigenvalue weighted by atomic mass is 9.76. The normalized spacial score (nSPS) is 39.7. The molecule has 0 aromatic heterocycles. The van der Waals surface area contributed by atoms with Crippen LogP contribution in [0.25, 0.3) is 0 Å². The van der Waals surface area contributed by atoms with Gasteiger partial charge in [0.05, 0.1) is 5.92 Å². The highest BCUT2D eigenvalue weighted by Gasteiger charge is 2.57. The van der Waals surface area contributed by atoms with Crippen LogP contribution >= 0.6 is 0 Å². The Kier molecular flexibility index (Phi) is 4.60. The standard InChI is InChI=1S/C20H26O5/c1-9(2)6-15(22)25-19-17-10(3)7-13(21)16(17)11(4)8-14-18(19)12(5)20(23)24-14/h6-7,11-12,14,16-19H,8H2,1-5H3. The molecule has 0 radical (unpaired) electrons. The van der Waals surface area contributed by atoms with Crippen LogP contribution in [0.15, 0.2) is 23.3 Å². The molecule has 0 aromatic rings. The number of fused-ring (bicyclic) bond motifs is 2. The third-order valence-electron chi connectivity index (χ3n) is 5.87. The van der Waals surface area contributed by atoms with Crippen LogP contribution in [0.4, 0.5) is 0 Å². The topological polar surface area (TPSA) is 69.7 Å². The lowest BCUT2D eigenvalue weighted by molar-refractivity contribution is -0.151. The summed E-state index contributed by atoms with van der Waals surface area (Å²) in [6.07, 6.45) is 2.94. The Morgan fingerprint density at radius 2 is 1.92 bits per heavy atom. The molecule has 1 aliphatic heterocycles. The van der Waals surface area contributed by atoms with Crippen LogP contribution in [0.3, 0.4) is 0 Å². The summed E-state index contributed by atoms with van der Waals surface area (Å²) in [5.74, 6) is -1.44. The molecule has 25 heavy (non-hydrogen) atoms. The molecule has 7 unspecified atom stereocenters. The van der Waals surface area contributed by atoms with Gasteiger partial charge in [-0.15, -0.1) is 0 Å². The third-order valence-corrected chi connectivity index (χ3v) is 5.87. The predicted molar refractivity (Wildman–Crippen MR) is 91.4 cm³/mol. The largest absolute Gasteiger partial charge is 0.462 e. The van der Waals surface area contributed by atoms with Crippen LogP contribution in [0.1, 0.15) is 41.0 Å². The first kappa shape index (κ1) is 17.9. The number of carbonyl (C=O) groups is 3. The van der Waals surface area contributed by atoms with Crippen LogP contribution in [0, 0.1) is 29.6 Å². The van der Waals surface area contributed by atoms with Crippen molar-refractivity contribution in [3.05, 3.63) is 23.3 Å². The molecule has 7 atom stereocenters. The number of ketones is 1. The van der Waals surface area contributed by atoms with Crippen molar-refractivity contribution in [1.29, 1.82) is 0 Å². The molecular formula is C20H26O5. The van der Waals surface area contributed by atoms with E-state index in [9.17, 15) is 14.4 Å². The van der Waals surface area contributed by atoms with Gasteiger partial charge in [0.25, 0.3) is 0 Å². The quantitative estimate of drug-likeness (QED) is 0.568. The number of rotatable bonds is 2. The molecule has 0 aromatic carbocycles. The number of allylic oxidation sites excluding steroid dienone is 2. The van der Waals surface area contributed by atoms with Gasteiger partial charge in [0.1, 0.15) is 12.2 Å². The van der Waals surface area contributed by atoms with Crippen molar-refractivity contribution >= 4 is 17.7 Å². The van der Waals surface area contributed by atoms with Crippen LogP contribution in [0.5, 0.6) is 0 Å². The molecule has 1 saturated heterocycles. The van der Waals surface area contributed by atoms with Crippen molar-refractivity contribution in [2.45, 2.75) is 53.2 Å². The van der Waals surface area contributed by atoms with E-state index in [1.807, 2.05) is 34.6 Å². The first-order valence-corrected chi connectivity index (χ1v) is 8.98. The number of hydrogen-bond acceptors (Lipinski definition) is 5. The fraction of sp³-hybridized carbons (Fsp3) is 0.650. The molecule has 0 bridgehead atoms. The molecule has 3 aliphatic rings. The van der Waals surface area contributed by atoms with E-state index in [1.54, 1.807) is 6.08 Å². The lowest BCUT2D eigenvalue weighted by Gasteiger charge is -2.33. The van der Waals surface area contributed by atoms with Crippen molar-refractivity contribution in [3.8, 4) is 0 Å². The maximum absolute atomic E-state index is 12.5. The van der Waals surface area contributed by atoms with E-state index in [0.29, 0.717) is 6.42 Å². The van der Waals surface area contributed by atoms with Gasteiger partial charge in [-0.25, -0.2) is 4.79 Å². The number of carbonyl (C=O) groups excluding carboxylic acids is 3. The Morgan fingerprint density at radius 1 is 1.24 bits per heavy atom. The Labute approximate surface area is 148 Å². The monoisotopic (exact) mass is 346 g/mol. The van der Waals surface area contributed by atoms with Crippen molar-refractivity contribution < 1.29 is 23.9 Å². The average Bonchev–Trinajstić information content (AvgIpc) is 2.88. The molecule has 3 rings (SSSR count). The Morgan fingerprint density at radius 3 is 2.56 bits per heavy atom. The molecule has 0 spiro atoms. The molecule has 2 fully saturated rings. The van der Waals surface area contributed by atoms with Gasteiger partial charge in [-0.2, -0.15) is 0 Å². The van der Waals surface area contributed by atoms with E-state index >= 15 is 0 Å². The smallest absolute Gasteiger partial charge is 0.330 e. The van der Waals surface area contributed by atoms with Crippen LogP contribution in [0.2, 0.25) is 0 Å². The van der Waals surface area contributed by atoms with E-state index < -0.39 is 12.1 Å². The van der Waals surface area contributed by atoms with Crippen molar-refractivity contribution in [3.63, 3.8) is 0 Å². The number of ether oxygens (including phenoxy) is 2. The highest BCUT2D eigenvalue weighted by Crippen LogP contribution is 2.50. The average molecular weight is 346 g/mol. The minimum absolute atomic E-state index is 0.0731. The SMILES string of the molecule is CC(C)=CC(=O)OC1C2C(C)=CC(=O)C2C(C)CC2OC(=O)C(C)C21. The summed E-state index contributed by atoms with van der Waals surface area (Å²) in [6.45, 7) is 9.43. The van der Waals surface area contributed by atoms with Gasteiger partial charge < -0.3 is 9.47 Å². The summed E-state index contributed by atoms with van der Waals surface area (Å²) in [5.41, 5.74) is 1.78. The van der Waals surface area contributed by atoms with Crippen molar-refractivity contribution in [2.75, 3.05) is 0 Å². The molecule has 1 saturated carbocycles. The second-order valence-electron chi connectivity index (χ2n) is 8.02. The summed E-state index contributed by atoms with van der Waals surface area (Å²) in [7, 11) is 0. The lowest BCUT2D eigenvalue weighted by Crippen LogP contribution is -2.41. The van der Waals surface area contributed by atoms with Crippen LogP contribution in [-0.2, 0) is 23.9 Å². The zero-order valence-electron chi connectivity index (χ0n) is 15.4. The predicted octanol–water partition coefficient (Wildman–Crippen LogP) is 2.84. The maximum Gasteiger partial charge on any atom is 0.330 e. The summed E-state index contributed by atoms with van der Waals surface area (Å²) >= 11 is 0. The van der Waals surface area contributed by atoms with Gasteiger partial charge in [0, 0.05) is 23.8 Å². The van der Waals surface area contributed by atoms with Gasteiger partial charge in [0.2, 0.25) is 0 Å². The first-order chi connectivity index (χ1) is 11.7. The van der Waals surface area contributed by atoms with E-state index in [-0.39, 0.29) is 47.4 Å². The van der Waals surface area contributed by atoms with E-state index in [1.165, 1.54) is 6.08 Å². The van der Waals surface area contributed by atoms with Gasteiger partial charge >= 0.3 is 11.9 Å². The molecule has 0 amide bonds. The minimum atomic E-state index is -0.521. The van der Waals surface area contributed by atoms with Crippen LogP contribution in [-0.4, -0.2) is 29.9 Å². The second kappa shape index (κ2) is 6.43. The summed E-state index contributed by atoms with van der Waals surface area (Å²) in [5, 5.41) is 0. The first-order valence-electron chi connectivity index (χ1n) is 8.98. The molecule has 136 valence electrons. The van der Waals surface area contributed by atoms with Gasteiger partial charge in [0.15, 0.2) is 5.78 Å². The molecule has 2 aliphatic carbocycles. The number of hydrogen-bond donors (Lipinski definition) is 0. The molecule has 0 N–H and O–H groups in total. The zero-order valence-corrected chi connectivity index (χ0v) is 15.4. The van der Waals surface area contributed by atoms with E-state index in [2.05, 4.69) is 0 Å². The fourth-order valence-corrected chi connectivity index (χ4v) is 4.80. The van der Waals surface area contributed by atoms with E-state index in [4.69, 9.17) is 9.47 Å². The summed E-state index contributed by atoms with van der Waals surface area (Å²) in [6, 6.07) is 0. The summed E-state index contributed by atoms with van der Waals surface area (Å²) < 4.78 is 11.4. The number of esters is 2. The summed E-state index contributed by atoms with van der Waals surface area (Å²) in [4.78, 5) is 37.0. The van der Waals surface area contributed by atoms with Crippen molar-refractivity contribution in [2.24, 2.45) is 29.6 Å². The molecule has 5 nitrogen and oxygen atoms in total. The molecule has 1 heterocycles. The zero-order chi connectivity index (χ0) is 18.5. The minimum Gasteiger partial charge on any atom is -0.462 e. The van der Waals surface area contributed by atoms with Gasteiger partial charge in [-0.3, -0.25) is 9.59 Å². The maximum atomic E-state index is 12.5. The van der Waals surface area contributed by atoms with E-state index in [0.717, 1.165) is 11.1 Å². The Bertz CT molecular complexity index is 670. The van der Waals surface area contributed by atoms with Crippen LogP contribution < -0.4 is 0 Å². The third kappa shape index (κ3) is 3.05. The Balaban J connectivity index is 2.02. The molecule has 5 heteroatoms.